The molecule has 0 bridgehead atoms. The van der Waals surface area contributed by atoms with Gasteiger partial charge in [-0.1, -0.05) is 31.1 Å². The predicted molar refractivity (Wildman–Crippen MR) is 59.9 cm³/mol. The molecule has 2 fully saturated rings. The van der Waals surface area contributed by atoms with Gasteiger partial charge in [-0.3, -0.25) is 0 Å². The molecule has 0 aromatic carbocycles. The van der Waals surface area contributed by atoms with Crippen LogP contribution >= 0.6 is 0 Å². The molecule has 0 spiro atoms. The smallest absolute Gasteiger partial charge is 0.106 e. The van der Waals surface area contributed by atoms with E-state index in [-0.39, 0.29) is 8.96 Å². The third kappa shape index (κ3) is 1.68. The predicted octanol–water partition coefficient (Wildman–Crippen LogP) is 1.07. The molecule has 1 aliphatic carbocycles. The van der Waals surface area contributed by atoms with Gasteiger partial charge in [0.25, 0.3) is 0 Å². The van der Waals surface area contributed by atoms with E-state index >= 15 is 0 Å². The van der Waals surface area contributed by atoms with Gasteiger partial charge in [0.2, 0.25) is 0 Å². The van der Waals surface area contributed by atoms with Crippen molar-refractivity contribution < 1.29 is 0 Å². The molecule has 2 aliphatic rings. The summed E-state index contributed by atoms with van der Waals surface area (Å²) in [6.07, 6.45) is 6.08. The molecular weight excluding hydrogens is 178 g/mol. The van der Waals surface area contributed by atoms with Crippen LogP contribution in [-0.4, -0.2) is 35.6 Å². The molecule has 0 N–H and O–H groups in total. The highest BCUT2D eigenvalue weighted by atomic mass is 28.4. The summed E-state index contributed by atoms with van der Waals surface area (Å²) >= 11 is 0. The second kappa shape index (κ2) is 4.07. The molecule has 12 heavy (non-hydrogen) atoms. The summed E-state index contributed by atoms with van der Waals surface area (Å²) < 4.78 is 2.95. The lowest BCUT2D eigenvalue weighted by Gasteiger charge is -2.39. The van der Waals surface area contributed by atoms with Crippen LogP contribution in [0.1, 0.15) is 32.6 Å². The molecule has 0 atom stereocenters. The van der Waals surface area contributed by atoms with Crippen molar-refractivity contribution >= 4 is 18.5 Å². The fourth-order valence-electron chi connectivity index (χ4n) is 2.77. The van der Waals surface area contributed by atoms with Crippen LogP contribution in [0.5, 0.6) is 0 Å². The van der Waals surface area contributed by atoms with Crippen molar-refractivity contribution in [3.8, 4) is 0 Å². The highest BCUT2D eigenvalue weighted by Gasteiger charge is 2.31. The first-order valence-corrected chi connectivity index (χ1v) is 9.82. The van der Waals surface area contributed by atoms with Crippen molar-refractivity contribution in [2.75, 3.05) is 6.54 Å². The minimum Gasteiger partial charge on any atom is -0.324 e. The summed E-state index contributed by atoms with van der Waals surface area (Å²) in [7, 11) is 0.225. The molecule has 1 saturated heterocycles. The first-order chi connectivity index (χ1) is 5.92. The Labute approximate surface area is 80.0 Å². The third-order valence-electron chi connectivity index (χ3n) is 3.70. The number of nitrogens with zero attached hydrogens (tertiary/aromatic N) is 1. The maximum absolute atomic E-state index is 2.95. The van der Waals surface area contributed by atoms with E-state index in [1.165, 1.54) is 32.2 Å². The highest BCUT2D eigenvalue weighted by molar-refractivity contribution is 6.84. The maximum atomic E-state index is 2.95. The Morgan fingerprint density at radius 3 is 2.42 bits per heavy atom. The Hall–Kier alpha value is 0.394. The average Bonchev–Trinajstić information content (AvgIpc) is 2.47. The minimum absolute atomic E-state index is 0.274. The summed E-state index contributed by atoms with van der Waals surface area (Å²) in [5.74, 6) is 0. The Morgan fingerprint density at radius 1 is 1.33 bits per heavy atom. The molecule has 0 aromatic rings. The summed E-state index contributed by atoms with van der Waals surface area (Å²) in [5, 5.41) is 0. The fourth-order valence-corrected chi connectivity index (χ4v) is 9.93. The second-order valence-corrected chi connectivity index (χ2v) is 11.7. The van der Waals surface area contributed by atoms with E-state index in [4.69, 9.17) is 0 Å². The summed E-state index contributed by atoms with van der Waals surface area (Å²) in [4.78, 5) is 0. The minimum atomic E-state index is -0.274. The SMILES string of the molecule is CCN(C1CCCC1)[SiH]1C[SiH2]C1. The van der Waals surface area contributed by atoms with Gasteiger partial charge < -0.3 is 4.57 Å². The number of hydrogen-bond donors (Lipinski definition) is 0. The van der Waals surface area contributed by atoms with E-state index in [1.54, 1.807) is 11.3 Å². The number of hydrogen-bond acceptors (Lipinski definition) is 1. The molecule has 3 heteroatoms. The van der Waals surface area contributed by atoms with Gasteiger partial charge in [-0.15, -0.1) is 0 Å². The van der Waals surface area contributed by atoms with Crippen LogP contribution in [-0.2, 0) is 0 Å². The lowest BCUT2D eigenvalue weighted by molar-refractivity contribution is 0.339. The van der Waals surface area contributed by atoms with Crippen LogP contribution in [0, 0.1) is 0 Å². The van der Waals surface area contributed by atoms with Crippen molar-refractivity contribution in [2.24, 2.45) is 0 Å². The first kappa shape index (κ1) is 8.97. The lowest BCUT2D eigenvalue weighted by Crippen LogP contribution is -2.51. The molecule has 1 aliphatic heterocycles. The topological polar surface area (TPSA) is 3.24 Å². The van der Waals surface area contributed by atoms with Gasteiger partial charge in [0.05, 0.1) is 0 Å². The number of rotatable bonds is 3. The van der Waals surface area contributed by atoms with Crippen LogP contribution in [0.3, 0.4) is 0 Å². The van der Waals surface area contributed by atoms with Gasteiger partial charge >= 0.3 is 0 Å². The second-order valence-electron chi connectivity index (χ2n) is 4.35. The first-order valence-electron chi connectivity index (χ1n) is 5.67. The maximum Gasteiger partial charge on any atom is 0.106 e. The summed E-state index contributed by atoms with van der Waals surface area (Å²) in [6, 6.07) is 1.04. The zero-order valence-corrected chi connectivity index (χ0v) is 10.8. The van der Waals surface area contributed by atoms with E-state index in [0.29, 0.717) is 9.52 Å². The Balaban J connectivity index is 1.87. The van der Waals surface area contributed by atoms with Crippen LogP contribution in [0.4, 0.5) is 0 Å². The monoisotopic (exact) mass is 199 g/mol. The summed E-state index contributed by atoms with van der Waals surface area (Å²) in [6.45, 7) is 3.75. The largest absolute Gasteiger partial charge is 0.324 e. The van der Waals surface area contributed by atoms with Crippen molar-refractivity contribution in [1.29, 1.82) is 0 Å². The molecule has 0 unspecified atom stereocenters. The van der Waals surface area contributed by atoms with Gasteiger partial charge in [-0.2, -0.15) is 0 Å². The standard InChI is InChI=1S/C9H21NSi2/c1-2-10(12-7-11-8-12)9-5-3-4-6-9/h9,12H,2-8,11H2,1H3. The quantitative estimate of drug-likeness (QED) is 0.615. The van der Waals surface area contributed by atoms with Crippen LogP contribution in [0.25, 0.3) is 0 Å². The van der Waals surface area contributed by atoms with E-state index in [9.17, 15) is 0 Å². The average molecular weight is 199 g/mol. The van der Waals surface area contributed by atoms with Gasteiger partial charge in [0.15, 0.2) is 0 Å². The molecule has 0 aromatic heterocycles. The molecule has 1 nitrogen and oxygen atoms in total. The van der Waals surface area contributed by atoms with Crippen LogP contribution < -0.4 is 0 Å². The van der Waals surface area contributed by atoms with Gasteiger partial charge in [0.1, 0.15) is 8.96 Å². The fraction of sp³-hybridized carbons (Fsp3) is 1.00. The third-order valence-corrected chi connectivity index (χ3v) is 14.0. The zero-order chi connectivity index (χ0) is 8.39. The van der Waals surface area contributed by atoms with E-state index in [0.717, 1.165) is 6.04 Å². The van der Waals surface area contributed by atoms with Crippen LogP contribution in [0.15, 0.2) is 0 Å². The van der Waals surface area contributed by atoms with Crippen molar-refractivity contribution in [3.63, 3.8) is 0 Å². The molecular formula is C9H21NSi2. The van der Waals surface area contributed by atoms with E-state index in [1.807, 2.05) is 0 Å². The normalized spacial score (nSPS) is 33.0. The molecule has 1 saturated carbocycles. The highest BCUT2D eigenvalue weighted by Crippen LogP contribution is 2.27. The van der Waals surface area contributed by atoms with Gasteiger partial charge in [0, 0.05) is 15.6 Å². The zero-order valence-electron chi connectivity index (χ0n) is 8.26. The van der Waals surface area contributed by atoms with Gasteiger partial charge in [-0.25, -0.2) is 0 Å². The van der Waals surface area contributed by atoms with Gasteiger partial charge in [-0.05, 0) is 19.4 Å². The Bertz CT molecular complexity index is 141. The molecule has 0 amide bonds. The molecule has 1 heterocycles. The van der Waals surface area contributed by atoms with Crippen LogP contribution in [0.2, 0.25) is 11.3 Å². The van der Waals surface area contributed by atoms with E-state index in [2.05, 4.69) is 11.5 Å². The van der Waals surface area contributed by atoms with E-state index < -0.39 is 0 Å². The van der Waals surface area contributed by atoms with Crippen molar-refractivity contribution in [2.45, 2.75) is 50.0 Å². The van der Waals surface area contributed by atoms with Crippen molar-refractivity contribution in [1.82, 2.24) is 4.57 Å². The molecule has 0 radical (unpaired) electrons. The van der Waals surface area contributed by atoms with Crippen molar-refractivity contribution in [3.05, 3.63) is 0 Å². The summed E-state index contributed by atoms with van der Waals surface area (Å²) in [5.41, 5.74) is 3.51. The molecule has 70 valence electrons. The molecule has 2 rings (SSSR count). The Kier molecular flexibility index (Phi) is 3.04. The lowest BCUT2D eigenvalue weighted by atomic mass is 10.2. The Morgan fingerprint density at radius 2 is 2.00 bits per heavy atom.